The molecular weight excluding hydrogens is 416 g/mol. The summed E-state index contributed by atoms with van der Waals surface area (Å²) in [6.45, 7) is 1.94. The van der Waals surface area contributed by atoms with Gasteiger partial charge in [-0.2, -0.15) is 8.78 Å². The highest BCUT2D eigenvalue weighted by Crippen LogP contribution is 2.27. The number of ether oxygens (including phenoxy) is 1. The molecule has 1 fully saturated rings. The van der Waals surface area contributed by atoms with Crippen LogP contribution in [0.1, 0.15) is 25.2 Å². The standard InChI is InChI=1S/C23H27F2N5O2/c1-16(21-27-19-5-3-4-6-20(19)30(21)22(24)25)15-26-23(31)29-13-11-28(12-14-29)17-7-9-18(32-2)10-8-17/h3-10,16,22H,11-15H2,1-2H3,(H,26,31). The molecule has 3 aromatic rings. The molecule has 2 amide bonds. The second-order valence-corrected chi connectivity index (χ2v) is 7.87. The average molecular weight is 443 g/mol. The van der Waals surface area contributed by atoms with Crippen molar-refractivity contribution in [2.45, 2.75) is 19.4 Å². The zero-order valence-electron chi connectivity index (χ0n) is 18.2. The maximum Gasteiger partial charge on any atom is 0.320 e. The molecule has 1 N–H and O–H groups in total. The fraction of sp³-hybridized carbons (Fsp3) is 0.391. The number of halogens is 2. The van der Waals surface area contributed by atoms with Crippen molar-refractivity contribution in [2.75, 3.05) is 44.7 Å². The monoisotopic (exact) mass is 443 g/mol. The molecule has 1 unspecified atom stereocenters. The maximum absolute atomic E-state index is 13.7. The first-order valence-electron chi connectivity index (χ1n) is 10.6. The number of aromatic nitrogens is 2. The summed E-state index contributed by atoms with van der Waals surface area (Å²) in [6.07, 6.45) is 0. The van der Waals surface area contributed by atoms with Crippen LogP contribution in [0.4, 0.5) is 19.3 Å². The van der Waals surface area contributed by atoms with E-state index in [-0.39, 0.29) is 24.3 Å². The molecule has 1 aliphatic heterocycles. The number of hydrogen-bond donors (Lipinski definition) is 1. The van der Waals surface area contributed by atoms with Crippen molar-refractivity contribution in [1.82, 2.24) is 19.8 Å². The molecule has 0 aliphatic carbocycles. The van der Waals surface area contributed by atoms with E-state index in [1.807, 2.05) is 24.3 Å². The Morgan fingerprint density at radius 3 is 2.44 bits per heavy atom. The van der Waals surface area contributed by atoms with Crippen LogP contribution in [0.2, 0.25) is 0 Å². The predicted octanol–water partition coefficient (Wildman–Crippen LogP) is 4.08. The second-order valence-electron chi connectivity index (χ2n) is 7.87. The number of benzene rings is 2. The highest BCUT2D eigenvalue weighted by Gasteiger charge is 2.24. The molecular formula is C23H27F2N5O2. The summed E-state index contributed by atoms with van der Waals surface area (Å²) in [5.41, 5.74) is 2.01. The first-order valence-corrected chi connectivity index (χ1v) is 10.6. The molecule has 9 heteroatoms. The van der Waals surface area contributed by atoms with Gasteiger partial charge in [0.15, 0.2) is 0 Å². The highest BCUT2D eigenvalue weighted by atomic mass is 19.3. The summed E-state index contributed by atoms with van der Waals surface area (Å²) >= 11 is 0. The van der Waals surface area contributed by atoms with Gasteiger partial charge < -0.3 is 19.9 Å². The number of piperazine rings is 1. The number of fused-ring (bicyclic) bond motifs is 1. The summed E-state index contributed by atoms with van der Waals surface area (Å²) in [5, 5.41) is 2.88. The number of amides is 2. The Morgan fingerprint density at radius 2 is 1.78 bits per heavy atom. The van der Waals surface area contributed by atoms with Crippen LogP contribution in [-0.4, -0.2) is 60.3 Å². The van der Waals surface area contributed by atoms with E-state index in [0.717, 1.165) is 29.1 Å². The van der Waals surface area contributed by atoms with Gasteiger partial charge in [0.25, 0.3) is 0 Å². The second kappa shape index (κ2) is 9.42. The Labute approximate surface area is 185 Å². The highest BCUT2D eigenvalue weighted by molar-refractivity contribution is 5.76. The lowest BCUT2D eigenvalue weighted by Gasteiger charge is -2.36. The number of urea groups is 1. The zero-order chi connectivity index (χ0) is 22.7. The number of para-hydroxylation sites is 2. The first kappa shape index (κ1) is 21.9. The van der Waals surface area contributed by atoms with E-state index in [1.54, 1.807) is 43.2 Å². The van der Waals surface area contributed by atoms with Gasteiger partial charge in [-0.1, -0.05) is 19.1 Å². The van der Waals surface area contributed by atoms with Gasteiger partial charge in [0, 0.05) is 44.3 Å². The molecule has 7 nitrogen and oxygen atoms in total. The predicted molar refractivity (Wildman–Crippen MR) is 120 cm³/mol. The number of nitrogens with zero attached hydrogens (tertiary/aromatic N) is 4. The van der Waals surface area contributed by atoms with Gasteiger partial charge in [-0.15, -0.1) is 0 Å². The Bertz CT molecular complexity index is 1060. The number of alkyl halides is 2. The number of rotatable bonds is 6. The van der Waals surface area contributed by atoms with Crippen LogP contribution >= 0.6 is 0 Å². The summed E-state index contributed by atoms with van der Waals surface area (Å²) in [7, 11) is 1.64. The largest absolute Gasteiger partial charge is 0.497 e. The van der Waals surface area contributed by atoms with Gasteiger partial charge in [0.05, 0.1) is 18.1 Å². The molecule has 1 saturated heterocycles. The van der Waals surface area contributed by atoms with E-state index >= 15 is 0 Å². The van der Waals surface area contributed by atoms with Crippen LogP contribution in [-0.2, 0) is 0 Å². The van der Waals surface area contributed by atoms with E-state index < -0.39 is 6.55 Å². The fourth-order valence-corrected chi connectivity index (χ4v) is 4.02. The molecule has 32 heavy (non-hydrogen) atoms. The van der Waals surface area contributed by atoms with Crippen LogP contribution in [0.15, 0.2) is 48.5 Å². The van der Waals surface area contributed by atoms with Crippen molar-refractivity contribution in [2.24, 2.45) is 0 Å². The molecule has 0 saturated carbocycles. The molecule has 0 radical (unpaired) electrons. The summed E-state index contributed by atoms with van der Waals surface area (Å²) in [4.78, 5) is 21.0. The molecule has 0 spiro atoms. The molecule has 1 aromatic heterocycles. The molecule has 4 rings (SSSR count). The zero-order valence-corrected chi connectivity index (χ0v) is 18.2. The van der Waals surface area contributed by atoms with Crippen LogP contribution < -0.4 is 15.0 Å². The van der Waals surface area contributed by atoms with Crippen LogP contribution in [0.25, 0.3) is 11.0 Å². The normalized spacial score (nSPS) is 15.3. The minimum absolute atomic E-state index is 0.189. The third-order valence-electron chi connectivity index (χ3n) is 5.82. The van der Waals surface area contributed by atoms with E-state index in [9.17, 15) is 13.6 Å². The summed E-state index contributed by atoms with van der Waals surface area (Å²) in [6, 6.07) is 14.5. The quantitative estimate of drug-likeness (QED) is 0.624. The number of anilines is 1. The summed E-state index contributed by atoms with van der Waals surface area (Å²) < 4.78 is 33.5. The molecule has 1 atom stereocenters. The van der Waals surface area contributed by atoms with Crippen molar-refractivity contribution in [3.05, 3.63) is 54.4 Å². The molecule has 1 aliphatic rings. The Hall–Kier alpha value is -3.36. The van der Waals surface area contributed by atoms with Gasteiger partial charge in [-0.25, -0.2) is 9.78 Å². The number of carbonyl (C=O) groups is 1. The van der Waals surface area contributed by atoms with E-state index in [1.165, 1.54) is 0 Å². The van der Waals surface area contributed by atoms with Gasteiger partial charge in [0.1, 0.15) is 11.6 Å². The Kier molecular flexibility index (Phi) is 6.43. The lowest BCUT2D eigenvalue weighted by atomic mass is 10.1. The number of methoxy groups -OCH3 is 1. The van der Waals surface area contributed by atoms with Crippen LogP contribution in [0, 0.1) is 0 Å². The SMILES string of the molecule is COc1ccc(N2CCN(C(=O)NCC(C)c3nc4ccccc4n3C(F)F)CC2)cc1. The lowest BCUT2D eigenvalue weighted by molar-refractivity contribution is 0.0704. The van der Waals surface area contributed by atoms with Gasteiger partial charge in [0.2, 0.25) is 0 Å². The van der Waals surface area contributed by atoms with Gasteiger partial charge in [-0.3, -0.25) is 4.57 Å². The third-order valence-corrected chi connectivity index (χ3v) is 5.82. The van der Waals surface area contributed by atoms with Crippen molar-refractivity contribution in [3.8, 4) is 5.75 Å². The smallest absolute Gasteiger partial charge is 0.320 e. The molecule has 0 bridgehead atoms. The van der Waals surface area contributed by atoms with Crippen molar-refractivity contribution >= 4 is 22.8 Å². The maximum atomic E-state index is 13.7. The van der Waals surface area contributed by atoms with E-state index in [4.69, 9.17) is 4.74 Å². The summed E-state index contributed by atoms with van der Waals surface area (Å²) in [5.74, 6) is 0.716. The number of hydrogen-bond acceptors (Lipinski definition) is 4. The first-order chi connectivity index (χ1) is 15.5. The fourth-order valence-electron chi connectivity index (χ4n) is 4.02. The minimum atomic E-state index is -2.69. The third kappa shape index (κ3) is 4.46. The van der Waals surface area contributed by atoms with Gasteiger partial charge >= 0.3 is 12.6 Å². The lowest BCUT2D eigenvalue weighted by Crippen LogP contribution is -2.52. The van der Waals surface area contributed by atoms with Crippen molar-refractivity contribution in [1.29, 1.82) is 0 Å². The topological polar surface area (TPSA) is 62.6 Å². The number of nitrogens with one attached hydrogen (secondary N) is 1. The number of carbonyl (C=O) groups excluding carboxylic acids is 1. The molecule has 2 heterocycles. The van der Waals surface area contributed by atoms with Gasteiger partial charge in [-0.05, 0) is 36.4 Å². The van der Waals surface area contributed by atoms with E-state index in [2.05, 4.69) is 15.2 Å². The Morgan fingerprint density at radius 1 is 1.09 bits per heavy atom. The minimum Gasteiger partial charge on any atom is -0.497 e. The Balaban J connectivity index is 1.33. The molecule has 170 valence electrons. The molecule has 2 aromatic carbocycles. The van der Waals surface area contributed by atoms with Crippen LogP contribution in [0.3, 0.4) is 0 Å². The average Bonchev–Trinajstić information content (AvgIpc) is 3.22. The van der Waals surface area contributed by atoms with Crippen molar-refractivity contribution in [3.63, 3.8) is 0 Å². The van der Waals surface area contributed by atoms with Crippen LogP contribution in [0.5, 0.6) is 5.75 Å². The number of imidazole rings is 1. The van der Waals surface area contributed by atoms with Crippen molar-refractivity contribution < 1.29 is 18.3 Å². The van der Waals surface area contributed by atoms with E-state index in [0.29, 0.717) is 24.1 Å².